The van der Waals surface area contributed by atoms with E-state index in [-0.39, 0.29) is 17.7 Å². The van der Waals surface area contributed by atoms with E-state index in [0.29, 0.717) is 41.8 Å². The molecule has 4 aromatic rings. The van der Waals surface area contributed by atoms with Crippen LogP contribution >= 0.6 is 23.2 Å². The molecule has 1 amide bonds. The van der Waals surface area contributed by atoms with Gasteiger partial charge in [0.2, 0.25) is 5.28 Å². The van der Waals surface area contributed by atoms with Gasteiger partial charge in [-0.2, -0.15) is 15.2 Å². The van der Waals surface area contributed by atoms with E-state index >= 15 is 0 Å². The van der Waals surface area contributed by atoms with Crippen molar-refractivity contribution >= 4 is 56.9 Å². The summed E-state index contributed by atoms with van der Waals surface area (Å²) in [6.07, 6.45) is -0.264. The first-order chi connectivity index (χ1) is 18.1. The number of amides is 1. The Bertz CT molecular complexity index is 1570. The van der Waals surface area contributed by atoms with Crippen LogP contribution in [0.2, 0.25) is 10.3 Å². The Labute approximate surface area is 230 Å². The third-order valence-electron chi connectivity index (χ3n) is 6.38. The van der Waals surface area contributed by atoms with Crippen molar-refractivity contribution in [3.63, 3.8) is 0 Å². The third-order valence-corrected chi connectivity index (χ3v) is 6.86. The quantitative estimate of drug-likeness (QED) is 0.270. The molecule has 0 radical (unpaired) electrons. The third kappa shape index (κ3) is 5.17. The van der Waals surface area contributed by atoms with E-state index in [1.54, 1.807) is 4.90 Å². The second-order valence-electron chi connectivity index (χ2n) is 10.2. The highest BCUT2D eigenvalue weighted by atomic mass is 35.5. The minimum absolute atomic E-state index is 0.0690. The summed E-state index contributed by atoms with van der Waals surface area (Å²) in [6, 6.07) is 17.4. The molecular formula is C28H26Cl2N6O2. The smallest absolute Gasteiger partial charge is 0.410 e. The zero-order valence-electron chi connectivity index (χ0n) is 21.3. The highest BCUT2D eigenvalue weighted by Crippen LogP contribution is 2.35. The van der Waals surface area contributed by atoms with Gasteiger partial charge in [0.25, 0.3) is 0 Å². The summed E-state index contributed by atoms with van der Waals surface area (Å²) in [5.41, 5.74) is 1.44. The van der Waals surface area contributed by atoms with Crippen LogP contribution in [0.1, 0.15) is 27.2 Å². The van der Waals surface area contributed by atoms with Gasteiger partial charge < -0.3 is 14.5 Å². The number of nitriles is 1. The molecule has 1 aliphatic heterocycles. The molecule has 0 saturated carbocycles. The summed E-state index contributed by atoms with van der Waals surface area (Å²) in [5, 5.41) is 12.8. The van der Waals surface area contributed by atoms with Crippen molar-refractivity contribution in [2.24, 2.45) is 0 Å². The molecule has 0 N–H and O–H groups in total. The summed E-state index contributed by atoms with van der Waals surface area (Å²) in [5.74, 6) is 0.613. The molecule has 194 valence electrons. The van der Waals surface area contributed by atoms with E-state index < -0.39 is 11.7 Å². The van der Waals surface area contributed by atoms with E-state index in [1.165, 1.54) is 0 Å². The molecule has 2 aromatic carbocycles. The van der Waals surface area contributed by atoms with Crippen LogP contribution in [0.3, 0.4) is 0 Å². The number of ether oxygens (including phenoxy) is 1. The first-order valence-corrected chi connectivity index (χ1v) is 13.0. The maximum Gasteiger partial charge on any atom is 0.410 e. The van der Waals surface area contributed by atoms with Gasteiger partial charge in [-0.05, 0) is 56.0 Å². The SMILES string of the molecule is CC(C)(C)OC(=O)N1CCN(c2nc(Cl)nc3nc(-c4cccc5cccc(Cl)c45)ccc23)C[C@@H]1CC#N. The highest BCUT2D eigenvalue weighted by molar-refractivity contribution is 6.36. The Morgan fingerprint density at radius 3 is 2.58 bits per heavy atom. The van der Waals surface area contributed by atoms with Gasteiger partial charge in [-0.15, -0.1) is 0 Å². The molecule has 0 unspecified atom stereocenters. The number of hydrogen-bond donors (Lipinski definition) is 0. The van der Waals surface area contributed by atoms with Crippen LogP contribution in [-0.2, 0) is 4.74 Å². The van der Waals surface area contributed by atoms with Gasteiger partial charge in [0, 0.05) is 35.6 Å². The lowest BCUT2D eigenvalue weighted by Gasteiger charge is -2.41. The average molecular weight is 549 g/mol. The summed E-state index contributed by atoms with van der Waals surface area (Å²) >= 11 is 12.9. The van der Waals surface area contributed by atoms with Gasteiger partial charge >= 0.3 is 6.09 Å². The first kappa shape index (κ1) is 26.0. The van der Waals surface area contributed by atoms with Crippen LogP contribution < -0.4 is 4.90 Å². The number of fused-ring (bicyclic) bond motifs is 2. The zero-order chi connectivity index (χ0) is 27.0. The van der Waals surface area contributed by atoms with E-state index in [0.717, 1.165) is 21.7 Å². The molecule has 10 heteroatoms. The molecule has 5 rings (SSSR count). The fourth-order valence-electron chi connectivity index (χ4n) is 4.76. The van der Waals surface area contributed by atoms with Gasteiger partial charge in [-0.25, -0.2) is 9.78 Å². The Morgan fingerprint density at radius 1 is 1.08 bits per heavy atom. The summed E-state index contributed by atoms with van der Waals surface area (Å²) in [7, 11) is 0. The monoisotopic (exact) mass is 548 g/mol. The molecule has 3 heterocycles. The zero-order valence-corrected chi connectivity index (χ0v) is 22.8. The van der Waals surface area contributed by atoms with Crippen molar-refractivity contribution < 1.29 is 9.53 Å². The Hall–Kier alpha value is -3.67. The Kier molecular flexibility index (Phi) is 6.99. The second kappa shape index (κ2) is 10.2. The molecule has 1 saturated heterocycles. The summed E-state index contributed by atoms with van der Waals surface area (Å²) < 4.78 is 5.57. The first-order valence-electron chi connectivity index (χ1n) is 12.3. The molecule has 0 bridgehead atoms. The van der Waals surface area contributed by atoms with Crippen LogP contribution in [-0.4, -0.2) is 57.2 Å². The van der Waals surface area contributed by atoms with Crippen molar-refractivity contribution in [3.8, 4) is 17.3 Å². The van der Waals surface area contributed by atoms with Crippen molar-refractivity contribution in [3.05, 3.63) is 58.8 Å². The number of carbonyl (C=O) groups excluding carboxylic acids is 1. The average Bonchev–Trinajstić information content (AvgIpc) is 2.87. The van der Waals surface area contributed by atoms with Crippen LogP contribution in [0.15, 0.2) is 48.5 Å². The Morgan fingerprint density at radius 2 is 1.84 bits per heavy atom. The van der Waals surface area contributed by atoms with Crippen molar-refractivity contribution in [2.45, 2.75) is 38.8 Å². The van der Waals surface area contributed by atoms with Gasteiger partial charge in [-0.1, -0.05) is 41.9 Å². The minimum atomic E-state index is -0.626. The van der Waals surface area contributed by atoms with Crippen molar-refractivity contribution in [1.82, 2.24) is 19.9 Å². The second-order valence-corrected chi connectivity index (χ2v) is 10.9. The maximum atomic E-state index is 12.8. The number of anilines is 1. The number of aromatic nitrogens is 3. The number of benzene rings is 2. The standard InChI is InChI=1S/C28H26Cl2N6O2/c1-28(2,3)38-27(37)36-15-14-35(16-18(36)12-13-31)25-20-10-11-22(32-24(20)33-26(30)34-25)19-8-4-6-17-7-5-9-21(29)23(17)19/h4-11,18H,12,14-16H2,1-3H3/t18-/m0/s1. The fraction of sp³-hybridized carbons (Fsp3) is 0.321. The summed E-state index contributed by atoms with van der Waals surface area (Å²) in [4.78, 5) is 30.2. The van der Waals surface area contributed by atoms with Crippen molar-refractivity contribution in [2.75, 3.05) is 24.5 Å². The molecule has 8 nitrogen and oxygen atoms in total. The molecule has 0 aliphatic carbocycles. The largest absolute Gasteiger partial charge is 0.444 e. The fourth-order valence-corrected chi connectivity index (χ4v) is 5.20. The summed E-state index contributed by atoms with van der Waals surface area (Å²) in [6.45, 7) is 6.74. The maximum absolute atomic E-state index is 12.8. The number of halogens is 2. The van der Waals surface area contributed by atoms with Gasteiger partial charge in [0.15, 0.2) is 5.65 Å². The van der Waals surface area contributed by atoms with Crippen LogP contribution in [0.5, 0.6) is 0 Å². The molecule has 1 fully saturated rings. The highest BCUT2D eigenvalue weighted by Gasteiger charge is 2.34. The van der Waals surface area contributed by atoms with Crippen LogP contribution in [0.25, 0.3) is 33.1 Å². The number of carbonyl (C=O) groups is 1. The number of piperazine rings is 1. The molecule has 2 aromatic heterocycles. The van der Waals surface area contributed by atoms with Gasteiger partial charge in [0.05, 0.1) is 29.6 Å². The Balaban J connectivity index is 1.51. The van der Waals surface area contributed by atoms with E-state index in [2.05, 4.69) is 16.0 Å². The van der Waals surface area contributed by atoms with E-state index in [9.17, 15) is 10.1 Å². The van der Waals surface area contributed by atoms with Crippen LogP contribution in [0.4, 0.5) is 10.6 Å². The topological polar surface area (TPSA) is 95.2 Å². The number of nitrogens with zero attached hydrogens (tertiary/aromatic N) is 6. The molecule has 0 spiro atoms. The van der Waals surface area contributed by atoms with Gasteiger partial charge in [0.1, 0.15) is 11.4 Å². The predicted octanol–water partition coefficient (Wildman–Crippen LogP) is 6.49. The molecule has 1 atom stereocenters. The van der Waals surface area contributed by atoms with Crippen LogP contribution in [0, 0.1) is 11.3 Å². The number of rotatable bonds is 3. The molecule has 38 heavy (non-hydrogen) atoms. The van der Waals surface area contributed by atoms with E-state index in [4.69, 9.17) is 32.9 Å². The molecule has 1 aliphatic rings. The lowest BCUT2D eigenvalue weighted by Crippen LogP contribution is -2.56. The molecular weight excluding hydrogens is 523 g/mol. The lowest BCUT2D eigenvalue weighted by molar-refractivity contribution is 0.0145. The van der Waals surface area contributed by atoms with E-state index in [1.807, 2.05) is 74.2 Å². The van der Waals surface area contributed by atoms with Crippen molar-refractivity contribution in [1.29, 1.82) is 5.26 Å². The lowest BCUT2D eigenvalue weighted by atomic mass is 10.0. The normalized spacial score (nSPS) is 16.1. The number of pyridine rings is 1. The van der Waals surface area contributed by atoms with Gasteiger partial charge in [-0.3, -0.25) is 0 Å². The predicted molar refractivity (Wildman–Crippen MR) is 149 cm³/mol. The minimum Gasteiger partial charge on any atom is -0.444 e. The number of hydrogen-bond acceptors (Lipinski definition) is 7.